The zero-order valence-corrected chi connectivity index (χ0v) is 13.0. The highest BCUT2D eigenvalue weighted by atomic mass is 32.2. The summed E-state index contributed by atoms with van der Waals surface area (Å²) < 4.78 is 0. The third kappa shape index (κ3) is 2.40. The lowest BCUT2D eigenvalue weighted by molar-refractivity contribution is 0.0978. The molecule has 2 N–H and O–H groups in total. The highest BCUT2D eigenvalue weighted by molar-refractivity contribution is 7.98. The number of nitrogens with two attached hydrogens (primary N) is 1. The lowest BCUT2D eigenvalue weighted by Gasteiger charge is -2.23. The first-order valence-corrected chi connectivity index (χ1v) is 8.19. The monoisotopic (exact) mass is 298 g/mol. The van der Waals surface area contributed by atoms with Crippen molar-refractivity contribution in [1.82, 2.24) is 0 Å². The first-order valence-electron chi connectivity index (χ1n) is 6.97. The van der Waals surface area contributed by atoms with Crippen LogP contribution in [-0.4, -0.2) is 18.2 Å². The summed E-state index contributed by atoms with van der Waals surface area (Å²) in [7, 11) is 0. The molecule has 2 aromatic carbocycles. The maximum absolute atomic E-state index is 13.0. The Kier molecular flexibility index (Phi) is 3.64. The number of carbonyl (C=O) groups excluding carboxylic acids is 1. The molecule has 3 nitrogen and oxygen atoms in total. The molecular formula is C17H18N2OS. The van der Waals surface area contributed by atoms with Crippen LogP contribution in [0.1, 0.15) is 22.8 Å². The molecule has 108 valence electrons. The average Bonchev–Trinajstić information content (AvgIpc) is 2.81. The maximum atomic E-state index is 13.0. The number of nitrogens with zero attached hydrogens (tertiary/aromatic N) is 1. The molecule has 1 aliphatic rings. The van der Waals surface area contributed by atoms with Gasteiger partial charge in [0.05, 0.1) is 5.56 Å². The second kappa shape index (κ2) is 5.45. The van der Waals surface area contributed by atoms with Crippen LogP contribution in [0.15, 0.2) is 47.4 Å². The molecule has 4 heteroatoms. The number of hydrogen-bond donors (Lipinski definition) is 1. The van der Waals surface area contributed by atoms with Crippen LogP contribution in [0.3, 0.4) is 0 Å². The number of amides is 1. The SMILES string of the molecule is CSc1ccccc1C(=O)N1c2ccc(N)cc2CC1C. The molecule has 0 radical (unpaired) electrons. The second-order valence-electron chi connectivity index (χ2n) is 5.32. The highest BCUT2D eigenvalue weighted by Crippen LogP contribution is 2.35. The van der Waals surface area contributed by atoms with E-state index in [4.69, 9.17) is 5.73 Å². The minimum absolute atomic E-state index is 0.0657. The van der Waals surface area contributed by atoms with E-state index >= 15 is 0 Å². The summed E-state index contributed by atoms with van der Waals surface area (Å²) in [5, 5.41) is 0. The van der Waals surface area contributed by atoms with E-state index in [1.54, 1.807) is 11.8 Å². The Morgan fingerprint density at radius 3 is 2.81 bits per heavy atom. The normalized spacial score (nSPS) is 16.9. The number of anilines is 2. The van der Waals surface area contributed by atoms with Crippen molar-refractivity contribution in [3.8, 4) is 0 Å². The largest absolute Gasteiger partial charge is 0.399 e. The molecule has 0 bridgehead atoms. The molecular weight excluding hydrogens is 280 g/mol. The van der Waals surface area contributed by atoms with Gasteiger partial charge in [0, 0.05) is 22.3 Å². The van der Waals surface area contributed by atoms with Crippen molar-refractivity contribution in [1.29, 1.82) is 0 Å². The van der Waals surface area contributed by atoms with E-state index in [-0.39, 0.29) is 11.9 Å². The molecule has 21 heavy (non-hydrogen) atoms. The predicted molar refractivity (Wildman–Crippen MR) is 89.1 cm³/mol. The van der Waals surface area contributed by atoms with Crippen molar-refractivity contribution in [3.63, 3.8) is 0 Å². The van der Waals surface area contributed by atoms with Gasteiger partial charge in [0.25, 0.3) is 5.91 Å². The number of fused-ring (bicyclic) bond motifs is 1. The smallest absolute Gasteiger partial charge is 0.259 e. The molecule has 1 unspecified atom stereocenters. The van der Waals surface area contributed by atoms with Crippen molar-refractivity contribution in [2.45, 2.75) is 24.3 Å². The fraction of sp³-hybridized carbons (Fsp3) is 0.235. The Bertz CT molecular complexity index is 699. The number of nitrogen functional groups attached to an aromatic ring is 1. The Morgan fingerprint density at radius 2 is 2.05 bits per heavy atom. The van der Waals surface area contributed by atoms with Gasteiger partial charge >= 0.3 is 0 Å². The molecule has 1 aliphatic heterocycles. The summed E-state index contributed by atoms with van der Waals surface area (Å²) in [5.74, 6) is 0.0657. The van der Waals surface area contributed by atoms with E-state index in [1.807, 2.05) is 53.6 Å². The summed E-state index contributed by atoms with van der Waals surface area (Å²) in [6.45, 7) is 2.08. The van der Waals surface area contributed by atoms with Crippen LogP contribution in [0.4, 0.5) is 11.4 Å². The van der Waals surface area contributed by atoms with Gasteiger partial charge in [-0.2, -0.15) is 0 Å². The van der Waals surface area contributed by atoms with Gasteiger partial charge < -0.3 is 10.6 Å². The van der Waals surface area contributed by atoms with Gasteiger partial charge in [-0.3, -0.25) is 4.79 Å². The van der Waals surface area contributed by atoms with Crippen molar-refractivity contribution < 1.29 is 4.79 Å². The third-order valence-electron chi connectivity index (χ3n) is 3.88. The number of carbonyl (C=O) groups is 1. The van der Waals surface area contributed by atoms with Crippen molar-refractivity contribution in [2.24, 2.45) is 0 Å². The molecule has 0 aliphatic carbocycles. The summed E-state index contributed by atoms with van der Waals surface area (Å²) in [4.78, 5) is 15.9. The lowest BCUT2D eigenvalue weighted by Crippen LogP contribution is -2.36. The molecule has 2 aromatic rings. The van der Waals surface area contributed by atoms with Gasteiger partial charge in [-0.25, -0.2) is 0 Å². The van der Waals surface area contributed by atoms with E-state index in [0.29, 0.717) is 0 Å². The average molecular weight is 298 g/mol. The predicted octanol–water partition coefficient (Wildman–Crippen LogP) is 3.58. The Balaban J connectivity index is 2.03. The van der Waals surface area contributed by atoms with Crippen molar-refractivity contribution in [2.75, 3.05) is 16.9 Å². The summed E-state index contributed by atoms with van der Waals surface area (Å²) in [6, 6.07) is 13.7. The topological polar surface area (TPSA) is 46.3 Å². The molecule has 0 aromatic heterocycles. The number of rotatable bonds is 2. The van der Waals surface area contributed by atoms with Gasteiger partial charge in [-0.1, -0.05) is 12.1 Å². The fourth-order valence-corrected chi connectivity index (χ4v) is 3.50. The molecule has 0 spiro atoms. The van der Waals surface area contributed by atoms with Gasteiger partial charge in [0.15, 0.2) is 0 Å². The van der Waals surface area contributed by atoms with E-state index < -0.39 is 0 Å². The van der Waals surface area contributed by atoms with Crippen LogP contribution in [0.25, 0.3) is 0 Å². The Hall–Kier alpha value is -1.94. The van der Waals surface area contributed by atoms with Gasteiger partial charge in [-0.05, 0) is 55.5 Å². The number of thioether (sulfide) groups is 1. The quantitative estimate of drug-likeness (QED) is 0.681. The summed E-state index contributed by atoms with van der Waals surface area (Å²) in [5.41, 5.74) is 9.50. The van der Waals surface area contributed by atoms with Gasteiger partial charge in [0.2, 0.25) is 0 Å². The first kappa shape index (κ1) is 14.0. The molecule has 0 saturated heterocycles. The van der Waals surface area contributed by atoms with Gasteiger partial charge in [-0.15, -0.1) is 11.8 Å². The Labute approximate surface area is 129 Å². The van der Waals surface area contributed by atoms with E-state index in [1.165, 1.54) is 0 Å². The van der Waals surface area contributed by atoms with Crippen LogP contribution >= 0.6 is 11.8 Å². The molecule has 1 amide bonds. The number of hydrogen-bond acceptors (Lipinski definition) is 3. The summed E-state index contributed by atoms with van der Waals surface area (Å²) in [6.07, 6.45) is 2.85. The molecule has 3 rings (SSSR count). The molecule has 0 saturated carbocycles. The van der Waals surface area contributed by atoms with Crippen LogP contribution in [0.2, 0.25) is 0 Å². The van der Waals surface area contributed by atoms with Crippen LogP contribution in [-0.2, 0) is 6.42 Å². The first-order chi connectivity index (χ1) is 10.1. The standard InChI is InChI=1S/C17H18N2OS/c1-11-9-12-10-13(18)7-8-15(12)19(11)17(20)14-5-3-4-6-16(14)21-2/h3-8,10-11H,9,18H2,1-2H3. The van der Waals surface area contributed by atoms with Crippen LogP contribution in [0.5, 0.6) is 0 Å². The van der Waals surface area contributed by atoms with Crippen LogP contribution < -0.4 is 10.6 Å². The molecule has 1 heterocycles. The highest BCUT2D eigenvalue weighted by Gasteiger charge is 2.32. The van der Waals surface area contributed by atoms with Crippen molar-refractivity contribution >= 4 is 29.0 Å². The molecule has 0 fully saturated rings. The molecule has 1 atom stereocenters. The lowest BCUT2D eigenvalue weighted by atomic mass is 10.1. The van der Waals surface area contributed by atoms with E-state index in [9.17, 15) is 4.79 Å². The van der Waals surface area contributed by atoms with E-state index in [2.05, 4.69) is 6.92 Å². The zero-order chi connectivity index (χ0) is 15.0. The maximum Gasteiger partial charge on any atom is 0.259 e. The van der Waals surface area contributed by atoms with Crippen molar-refractivity contribution in [3.05, 3.63) is 53.6 Å². The fourth-order valence-electron chi connectivity index (χ4n) is 2.91. The minimum Gasteiger partial charge on any atom is -0.399 e. The second-order valence-corrected chi connectivity index (χ2v) is 6.16. The van der Waals surface area contributed by atoms with Crippen LogP contribution in [0, 0.1) is 0 Å². The van der Waals surface area contributed by atoms with E-state index in [0.717, 1.165) is 33.8 Å². The number of benzene rings is 2. The Morgan fingerprint density at radius 1 is 1.29 bits per heavy atom. The third-order valence-corrected chi connectivity index (χ3v) is 4.67. The zero-order valence-electron chi connectivity index (χ0n) is 12.2. The minimum atomic E-state index is 0.0657. The van der Waals surface area contributed by atoms with Gasteiger partial charge in [0.1, 0.15) is 0 Å². The summed E-state index contributed by atoms with van der Waals surface area (Å²) >= 11 is 1.60.